The fraction of sp³-hybridized carbons (Fsp3) is 0.625. The highest BCUT2D eigenvalue weighted by atomic mass is 32.2. The number of nitrogens with zero attached hydrogens (tertiary/aromatic N) is 1. The lowest BCUT2D eigenvalue weighted by atomic mass is 10.0. The van der Waals surface area contributed by atoms with E-state index >= 15 is 0 Å². The Hall–Kier alpha value is -0.510. The van der Waals surface area contributed by atoms with Gasteiger partial charge in [0.1, 0.15) is 0 Å². The lowest BCUT2D eigenvalue weighted by Gasteiger charge is -2.35. The summed E-state index contributed by atoms with van der Waals surface area (Å²) in [7, 11) is 0. The predicted molar refractivity (Wildman–Crippen MR) is 84.6 cm³/mol. The van der Waals surface area contributed by atoms with E-state index in [1.807, 2.05) is 0 Å². The largest absolute Gasteiger partial charge is 0.329 e. The van der Waals surface area contributed by atoms with Gasteiger partial charge in [0.25, 0.3) is 0 Å². The van der Waals surface area contributed by atoms with Crippen LogP contribution in [-0.4, -0.2) is 29.8 Å². The van der Waals surface area contributed by atoms with E-state index in [1.165, 1.54) is 29.7 Å². The Bertz CT molecular complexity index is 390. The van der Waals surface area contributed by atoms with Gasteiger partial charge < -0.3 is 5.73 Å². The predicted octanol–water partition coefficient (Wildman–Crippen LogP) is 3.67. The normalized spacial score (nSPS) is 25.7. The highest BCUT2D eigenvalue weighted by Gasteiger charge is 2.34. The Kier molecular flexibility index (Phi) is 5.31. The van der Waals surface area contributed by atoms with Gasteiger partial charge in [-0.15, -0.1) is 11.8 Å². The number of benzene rings is 1. The van der Waals surface area contributed by atoms with Crippen molar-refractivity contribution < 1.29 is 0 Å². The van der Waals surface area contributed by atoms with Crippen molar-refractivity contribution in [3.05, 3.63) is 29.8 Å². The maximum atomic E-state index is 6.09. The standard InChI is InChI=1S/C16H26N2S/c1-4-14-8-5-12(2)18(14)16(11-17)13-6-9-15(19-3)10-7-13/h6-7,9-10,12,14,16H,4-5,8,11,17H2,1-3H3. The molecule has 0 radical (unpaired) electrons. The minimum absolute atomic E-state index is 0.373. The van der Waals surface area contributed by atoms with Gasteiger partial charge in [0.05, 0.1) is 0 Å². The summed E-state index contributed by atoms with van der Waals surface area (Å²) in [5, 5.41) is 0. The molecule has 19 heavy (non-hydrogen) atoms. The Morgan fingerprint density at radius 2 is 2.00 bits per heavy atom. The molecule has 1 saturated heterocycles. The van der Waals surface area contributed by atoms with Crippen LogP contribution in [0, 0.1) is 0 Å². The van der Waals surface area contributed by atoms with Crippen molar-refractivity contribution in [1.82, 2.24) is 4.90 Å². The quantitative estimate of drug-likeness (QED) is 0.833. The molecule has 0 saturated carbocycles. The summed E-state index contributed by atoms with van der Waals surface area (Å²) >= 11 is 1.79. The van der Waals surface area contributed by atoms with E-state index in [4.69, 9.17) is 5.73 Å². The van der Waals surface area contributed by atoms with Crippen LogP contribution in [0.2, 0.25) is 0 Å². The molecular weight excluding hydrogens is 252 g/mol. The maximum absolute atomic E-state index is 6.09. The van der Waals surface area contributed by atoms with Gasteiger partial charge in [-0.05, 0) is 50.1 Å². The summed E-state index contributed by atoms with van der Waals surface area (Å²) in [4.78, 5) is 3.97. The van der Waals surface area contributed by atoms with Gasteiger partial charge in [-0.2, -0.15) is 0 Å². The maximum Gasteiger partial charge on any atom is 0.0476 e. The smallest absolute Gasteiger partial charge is 0.0476 e. The highest BCUT2D eigenvalue weighted by molar-refractivity contribution is 7.98. The number of likely N-dealkylation sites (tertiary alicyclic amines) is 1. The first-order chi connectivity index (χ1) is 9.21. The fourth-order valence-corrected chi connectivity index (χ4v) is 3.73. The van der Waals surface area contributed by atoms with Crippen LogP contribution in [0.25, 0.3) is 0 Å². The average Bonchev–Trinajstić information content (AvgIpc) is 2.82. The number of nitrogens with two attached hydrogens (primary N) is 1. The van der Waals surface area contributed by atoms with E-state index in [0.717, 1.165) is 0 Å². The van der Waals surface area contributed by atoms with Crippen LogP contribution in [0.4, 0.5) is 0 Å². The van der Waals surface area contributed by atoms with E-state index in [1.54, 1.807) is 11.8 Å². The van der Waals surface area contributed by atoms with Gasteiger partial charge in [0, 0.05) is 29.6 Å². The molecule has 1 aromatic carbocycles. The average molecular weight is 278 g/mol. The Morgan fingerprint density at radius 3 is 2.53 bits per heavy atom. The summed E-state index contributed by atoms with van der Waals surface area (Å²) in [6.07, 6.45) is 5.96. The van der Waals surface area contributed by atoms with Crippen LogP contribution in [0.5, 0.6) is 0 Å². The zero-order chi connectivity index (χ0) is 13.8. The Balaban J connectivity index is 2.22. The van der Waals surface area contributed by atoms with Crippen molar-refractivity contribution in [1.29, 1.82) is 0 Å². The van der Waals surface area contributed by atoms with Gasteiger partial charge in [-0.25, -0.2) is 0 Å². The minimum atomic E-state index is 0.373. The number of hydrogen-bond donors (Lipinski definition) is 1. The molecule has 0 aromatic heterocycles. The van der Waals surface area contributed by atoms with Crippen LogP contribution < -0.4 is 5.73 Å². The molecule has 3 atom stereocenters. The van der Waals surface area contributed by atoms with Crippen molar-refractivity contribution in [2.24, 2.45) is 5.73 Å². The van der Waals surface area contributed by atoms with Crippen molar-refractivity contribution in [3.8, 4) is 0 Å². The monoisotopic (exact) mass is 278 g/mol. The van der Waals surface area contributed by atoms with Crippen molar-refractivity contribution in [2.75, 3.05) is 12.8 Å². The molecule has 0 aliphatic carbocycles. The van der Waals surface area contributed by atoms with Crippen LogP contribution in [0.15, 0.2) is 29.2 Å². The summed E-state index contributed by atoms with van der Waals surface area (Å²) in [6.45, 7) is 5.34. The minimum Gasteiger partial charge on any atom is -0.329 e. The number of hydrogen-bond acceptors (Lipinski definition) is 3. The van der Waals surface area contributed by atoms with Crippen LogP contribution >= 0.6 is 11.8 Å². The van der Waals surface area contributed by atoms with E-state index in [-0.39, 0.29) is 0 Å². The molecule has 106 valence electrons. The number of rotatable bonds is 5. The zero-order valence-corrected chi connectivity index (χ0v) is 13.1. The van der Waals surface area contributed by atoms with Gasteiger partial charge in [0.15, 0.2) is 0 Å². The molecule has 1 fully saturated rings. The Morgan fingerprint density at radius 1 is 1.32 bits per heavy atom. The molecule has 2 nitrogen and oxygen atoms in total. The third-order valence-corrected chi connectivity index (χ3v) is 5.15. The molecule has 1 aliphatic heterocycles. The van der Waals surface area contributed by atoms with E-state index in [9.17, 15) is 0 Å². The van der Waals surface area contributed by atoms with E-state index < -0.39 is 0 Å². The third kappa shape index (κ3) is 3.15. The summed E-state index contributed by atoms with van der Waals surface area (Å²) in [5.74, 6) is 0. The second-order valence-electron chi connectivity index (χ2n) is 5.46. The molecule has 1 aliphatic rings. The second-order valence-corrected chi connectivity index (χ2v) is 6.34. The highest BCUT2D eigenvalue weighted by Crippen LogP contribution is 2.35. The molecular formula is C16H26N2S. The van der Waals surface area contributed by atoms with Gasteiger partial charge in [-0.3, -0.25) is 4.90 Å². The molecule has 2 N–H and O–H groups in total. The molecule has 1 heterocycles. The summed E-state index contributed by atoms with van der Waals surface area (Å²) in [5.41, 5.74) is 7.46. The molecule has 3 heteroatoms. The first-order valence-electron chi connectivity index (χ1n) is 7.32. The van der Waals surface area contributed by atoms with Crippen LogP contribution in [-0.2, 0) is 0 Å². The third-order valence-electron chi connectivity index (χ3n) is 4.40. The van der Waals surface area contributed by atoms with E-state index in [0.29, 0.717) is 24.7 Å². The summed E-state index contributed by atoms with van der Waals surface area (Å²) < 4.78 is 0. The van der Waals surface area contributed by atoms with Crippen LogP contribution in [0.3, 0.4) is 0 Å². The Labute approximate surface area is 121 Å². The molecule has 0 bridgehead atoms. The summed E-state index contributed by atoms with van der Waals surface area (Å²) in [6, 6.07) is 10.7. The van der Waals surface area contributed by atoms with Crippen molar-refractivity contribution in [2.45, 2.75) is 56.1 Å². The topological polar surface area (TPSA) is 29.3 Å². The molecule has 2 rings (SSSR count). The lowest BCUT2D eigenvalue weighted by molar-refractivity contribution is 0.137. The van der Waals surface area contributed by atoms with Gasteiger partial charge in [0.2, 0.25) is 0 Å². The molecule has 3 unspecified atom stereocenters. The van der Waals surface area contributed by atoms with Crippen molar-refractivity contribution >= 4 is 11.8 Å². The zero-order valence-electron chi connectivity index (χ0n) is 12.3. The van der Waals surface area contributed by atoms with Gasteiger partial charge in [-0.1, -0.05) is 19.1 Å². The van der Waals surface area contributed by atoms with Gasteiger partial charge >= 0.3 is 0 Å². The second kappa shape index (κ2) is 6.78. The van der Waals surface area contributed by atoms with Crippen molar-refractivity contribution in [3.63, 3.8) is 0 Å². The van der Waals surface area contributed by atoms with Crippen LogP contribution in [0.1, 0.15) is 44.7 Å². The molecule has 0 spiro atoms. The lowest BCUT2D eigenvalue weighted by Crippen LogP contribution is -2.41. The SMILES string of the molecule is CCC1CCC(C)N1C(CN)c1ccc(SC)cc1. The molecule has 1 aromatic rings. The first kappa shape index (κ1) is 14.9. The molecule has 0 amide bonds. The number of thioether (sulfide) groups is 1. The van der Waals surface area contributed by atoms with E-state index in [2.05, 4.69) is 49.3 Å². The first-order valence-corrected chi connectivity index (χ1v) is 8.55. The fourth-order valence-electron chi connectivity index (χ4n) is 3.32.